The molecule has 0 radical (unpaired) electrons. The van der Waals surface area contributed by atoms with Crippen molar-refractivity contribution in [3.63, 3.8) is 0 Å². The van der Waals surface area contributed by atoms with Crippen LogP contribution in [0.1, 0.15) is 25.8 Å². The molecule has 96 valence electrons. The summed E-state index contributed by atoms with van der Waals surface area (Å²) in [6.45, 7) is 4.58. The number of allylic oxidation sites excluding steroid dienone is 1. The maximum Gasteiger partial charge on any atom is 0.419 e. The summed E-state index contributed by atoms with van der Waals surface area (Å²) in [5.41, 5.74) is 1.74. The lowest BCUT2D eigenvalue weighted by Gasteiger charge is -2.31. The predicted octanol–water partition coefficient (Wildman–Crippen LogP) is 4.53. The van der Waals surface area contributed by atoms with Crippen molar-refractivity contribution in [1.29, 1.82) is 0 Å². The summed E-state index contributed by atoms with van der Waals surface area (Å²) in [7, 11) is 0. The lowest BCUT2D eigenvalue weighted by molar-refractivity contribution is 0.168. The van der Waals surface area contributed by atoms with Crippen molar-refractivity contribution in [2.75, 3.05) is 6.54 Å². The largest absolute Gasteiger partial charge is 0.419 e. The summed E-state index contributed by atoms with van der Waals surface area (Å²) in [5.74, 6) is 0.602. The molecule has 0 saturated heterocycles. The number of rotatable bonds is 2. The lowest BCUT2D eigenvalue weighted by Crippen LogP contribution is -2.36. The molecule has 1 aromatic carbocycles. The minimum atomic E-state index is -0.322. The average molecular weight is 378 g/mol. The van der Waals surface area contributed by atoms with Gasteiger partial charge >= 0.3 is 6.09 Å². The fraction of sp³-hybridized carbons (Fsp3) is 0.308. The highest BCUT2D eigenvalue weighted by Gasteiger charge is 2.30. The van der Waals surface area contributed by atoms with Crippen molar-refractivity contribution < 1.29 is 9.53 Å². The van der Waals surface area contributed by atoms with Crippen LogP contribution in [0, 0.1) is 3.57 Å². The number of fused-ring (bicyclic) bond motifs is 1. The van der Waals surface area contributed by atoms with Gasteiger partial charge in [0, 0.05) is 17.1 Å². The monoisotopic (exact) mass is 377 g/mol. The number of nitrogens with zero attached hydrogens (tertiary/aromatic N) is 1. The first-order valence-electron chi connectivity index (χ1n) is 5.73. The van der Waals surface area contributed by atoms with Crippen LogP contribution in [0.4, 0.5) is 4.79 Å². The molecule has 0 fully saturated rings. The first-order chi connectivity index (χ1) is 8.58. The number of halogens is 2. The molecule has 0 unspecified atom stereocenters. The maximum absolute atomic E-state index is 12.0. The van der Waals surface area contributed by atoms with Crippen LogP contribution in [0.25, 0.3) is 5.70 Å². The standard InChI is InChI=1S/C13H13ClINO2/c1-3-5-16-11(4-2)9-6-8(14)7-10(15)12(9)18-13(16)17/h4,6-7H,3,5H2,1-2H3/b11-4-. The molecule has 0 atom stereocenters. The molecule has 0 spiro atoms. The zero-order valence-electron chi connectivity index (χ0n) is 10.2. The fourth-order valence-corrected chi connectivity index (χ4v) is 3.13. The van der Waals surface area contributed by atoms with Gasteiger partial charge in [0.05, 0.1) is 9.27 Å². The highest BCUT2D eigenvalue weighted by molar-refractivity contribution is 14.1. The second-order valence-corrected chi connectivity index (χ2v) is 5.56. The van der Waals surface area contributed by atoms with Gasteiger partial charge in [-0.15, -0.1) is 0 Å². The Hall–Kier alpha value is -0.750. The molecular formula is C13H13ClINO2. The van der Waals surface area contributed by atoms with Crippen molar-refractivity contribution >= 4 is 46.0 Å². The number of carbonyl (C=O) groups excluding carboxylic acids is 1. The Bertz CT molecular complexity index is 528. The summed E-state index contributed by atoms with van der Waals surface area (Å²) >= 11 is 8.20. The van der Waals surface area contributed by atoms with Crippen molar-refractivity contribution in [3.8, 4) is 5.75 Å². The maximum atomic E-state index is 12.0. The molecule has 5 heteroatoms. The smallest absolute Gasteiger partial charge is 0.408 e. The molecule has 1 amide bonds. The van der Waals surface area contributed by atoms with Gasteiger partial charge in [0.2, 0.25) is 0 Å². The van der Waals surface area contributed by atoms with E-state index in [9.17, 15) is 4.79 Å². The molecule has 1 aliphatic rings. The van der Waals surface area contributed by atoms with Crippen LogP contribution >= 0.6 is 34.2 Å². The van der Waals surface area contributed by atoms with Gasteiger partial charge in [0.1, 0.15) is 0 Å². The van der Waals surface area contributed by atoms with E-state index >= 15 is 0 Å². The van der Waals surface area contributed by atoms with E-state index in [4.69, 9.17) is 16.3 Å². The molecule has 1 aliphatic heterocycles. The van der Waals surface area contributed by atoms with Crippen molar-refractivity contribution in [2.24, 2.45) is 0 Å². The van der Waals surface area contributed by atoms with Crippen molar-refractivity contribution in [3.05, 3.63) is 32.4 Å². The SMILES string of the molecule is C/C=C1/c2cc(Cl)cc(I)c2OC(=O)N1CCC. The van der Waals surface area contributed by atoms with Gasteiger partial charge in [-0.1, -0.05) is 24.6 Å². The Labute approximate surface area is 125 Å². The van der Waals surface area contributed by atoms with Crippen LogP contribution in [-0.2, 0) is 0 Å². The first-order valence-corrected chi connectivity index (χ1v) is 7.19. The van der Waals surface area contributed by atoms with Crippen LogP contribution in [0.15, 0.2) is 18.2 Å². The molecule has 0 aliphatic carbocycles. The third-order valence-electron chi connectivity index (χ3n) is 2.71. The number of ether oxygens (including phenoxy) is 1. The summed E-state index contributed by atoms with van der Waals surface area (Å²) < 4.78 is 6.24. The fourth-order valence-electron chi connectivity index (χ4n) is 1.99. The van der Waals surface area contributed by atoms with Crippen LogP contribution in [0.5, 0.6) is 5.75 Å². The van der Waals surface area contributed by atoms with Gasteiger partial charge in [-0.3, -0.25) is 4.90 Å². The number of amides is 1. The molecule has 0 aromatic heterocycles. The van der Waals surface area contributed by atoms with Crippen LogP contribution in [0.2, 0.25) is 5.02 Å². The Morgan fingerprint density at radius 1 is 1.50 bits per heavy atom. The minimum Gasteiger partial charge on any atom is -0.408 e. The van der Waals surface area contributed by atoms with Crippen molar-refractivity contribution in [1.82, 2.24) is 4.90 Å². The highest BCUT2D eigenvalue weighted by Crippen LogP contribution is 2.39. The van der Waals surface area contributed by atoms with E-state index in [0.717, 1.165) is 21.3 Å². The van der Waals surface area contributed by atoms with E-state index in [1.54, 1.807) is 11.0 Å². The summed E-state index contributed by atoms with van der Waals surface area (Å²) in [6, 6.07) is 3.63. The molecule has 18 heavy (non-hydrogen) atoms. The van der Waals surface area contributed by atoms with E-state index in [1.807, 2.05) is 26.0 Å². The van der Waals surface area contributed by atoms with E-state index in [0.29, 0.717) is 17.3 Å². The summed E-state index contributed by atoms with van der Waals surface area (Å²) in [4.78, 5) is 13.6. The summed E-state index contributed by atoms with van der Waals surface area (Å²) in [5, 5.41) is 0.645. The molecule has 0 bridgehead atoms. The molecule has 2 rings (SSSR count). The zero-order chi connectivity index (χ0) is 13.3. The lowest BCUT2D eigenvalue weighted by atomic mass is 10.1. The van der Waals surface area contributed by atoms with E-state index in [1.165, 1.54) is 0 Å². The van der Waals surface area contributed by atoms with E-state index in [2.05, 4.69) is 22.6 Å². The Morgan fingerprint density at radius 3 is 2.83 bits per heavy atom. The van der Waals surface area contributed by atoms with Gasteiger partial charge in [-0.05, 0) is 48.1 Å². The Kier molecular flexibility index (Phi) is 4.17. The molecule has 1 heterocycles. The molecule has 0 N–H and O–H groups in total. The second kappa shape index (κ2) is 5.48. The van der Waals surface area contributed by atoms with E-state index < -0.39 is 0 Å². The third kappa shape index (κ3) is 2.36. The van der Waals surface area contributed by atoms with Crippen LogP contribution in [0.3, 0.4) is 0 Å². The van der Waals surface area contributed by atoms with Crippen molar-refractivity contribution in [2.45, 2.75) is 20.3 Å². The normalized spacial score (nSPS) is 16.8. The number of benzene rings is 1. The third-order valence-corrected chi connectivity index (χ3v) is 3.73. The van der Waals surface area contributed by atoms with Gasteiger partial charge in [0.15, 0.2) is 5.75 Å². The Balaban J connectivity index is 2.58. The first kappa shape index (κ1) is 13.7. The summed E-state index contributed by atoms with van der Waals surface area (Å²) in [6.07, 6.45) is 2.47. The Morgan fingerprint density at radius 2 is 2.22 bits per heavy atom. The van der Waals surface area contributed by atoms with E-state index in [-0.39, 0.29) is 6.09 Å². The molecule has 0 saturated carbocycles. The number of hydrogen-bond acceptors (Lipinski definition) is 2. The topological polar surface area (TPSA) is 29.5 Å². The highest BCUT2D eigenvalue weighted by atomic mass is 127. The second-order valence-electron chi connectivity index (χ2n) is 3.96. The van der Waals surface area contributed by atoms with Gasteiger partial charge in [0.25, 0.3) is 0 Å². The molecule has 3 nitrogen and oxygen atoms in total. The quantitative estimate of drug-likeness (QED) is 0.709. The zero-order valence-corrected chi connectivity index (χ0v) is 13.1. The van der Waals surface area contributed by atoms with Gasteiger partial charge < -0.3 is 4.74 Å². The predicted molar refractivity (Wildman–Crippen MR) is 80.8 cm³/mol. The average Bonchev–Trinajstić information content (AvgIpc) is 2.32. The number of carbonyl (C=O) groups is 1. The minimum absolute atomic E-state index is 0.322. The van der Waals surface area contributed by atoms with Crippen LogP contribution in [-0.4, -0.2) is 17.5 Å². The van der Waals surface area contributed by atoms with Gasteiger partial charge in [-0.2, -0.15) is 0 Å². The van der Waals surface area contributed by atoms with Gasteiger partial charge in [-0.25, -0.2) is 4.79 Å². The molecular weight excluding hydrogens is 365 g/mol. The number of hydrogen-bond donors (Lipinski definition) is 0. The van der Waals surface area contributed by atoms with Crippen LogP contribution < -0.4 is 4.74 Å². The molecule has 1 aromatic rings.